The number of piperidine rings is 1. The predicted molar refractivity (Wildman–Crippen MR) is 119 cm³/mol. The van der Waals surface area contributed by atoms with Crippen molar-refractivity contribution in [3.8, 4) is 0 Å². The third-order valence-electron chi connectivity index (χ3n) is 6.00. The molecule has 3 aromatic rings. The molecule has 1 saturated heterocycles. The summed E-state index contributed by atoms with van der Waals surface area (Å²) in [6.07, 6.45) is 7.01. The van der Waals surface area contributed by atoms with Crippen LogP contribution in [0.2, 0.25) is 0 Å². The van der Waals surface area contributed by atoms with Crippen LogP contribution < -0.4 is 10.6 Å². The van der Waals surface area contributed by atoms with Crippen LogP contribution in [0.15, 0.2) is 48.9 Å². The Morgan fingerprint density at radius 1 is 1.03 bits per heavy atom. The number of fused-ring (bicyclic) bond motifs is 2. The Labute approximate surface area is 189 Å². The second-order valence-corrected chi connectivity index (χ2v) is 8.11. The molecular weight excluding hydrogens is 422 g/mol. The number of rotatable bonds is 6. The van der Waals surface area contributed by atoms with Crippen molar-refractivity contribution in [2.24, 2.45) is 0 Å². The first-order chi connectivity index (χ1) is 16.0. The molecule has 2 aliphatic heterocycles. The van der Waals surface area contributed by atoms with Gasteiger partial charge in [0.05, 0.1) is 11.1 Å². The van der Waals surface area contributed by atoms with Gasteiger partial charge in [0.25, 0.3) is 11.8 Å². The van der Waals surface area contributed by atoms with E-state index in [1.54, 1.807) is 30.7 Å². The highest BCUT2D eigenvalue weighted by atomic mass is 16.2. The first-order valence-corrected chi connectivity index (χ1v) is 10.8. The first kappa shape index (κ1) is 20.7. The number of pyridine rings is 2. The van der Waals surface area contributed by atoms with Crippen molar-refractivity contribution in [3.63, 3.8) is 0 Å². The lowest BCUT2D eigenvalue weighted by Crippen LogP contribution is -2.54. The third kappa shape index (κ3) is 3.82. The number of imide groups is 2. The fraction of sp³-hybridized carbons (Fsp3) is 0.250. The van der Waals surface area contributed by atoms with E-state index in [9.17, 15) is 19.2 Å². The van der Waals surface area contributed by atoms with Crippen LogP contribution in [0.1, 0.15) is 45.5 Å². The molecule has 1 fully saturated rings. The fourth-order valence-corrected chi connectivity index (χ4v) is 4.33. The van der Waals surface area contributed by atoms with Gasteiger partial charge < -0.3 is 5.32 Å². The summed E-state index contributed by atoms with van der Waals surface area (Å²) < 4.78 is 0. The molecule has 9 nitrogen and oxygen atoms in total. The number of hydrogen-bond acceptors (Lipinski definition) is 7. The molecule has 33 heavy (non-hydrogen) atoms. The van der Waals surface area contributed by atoms with Gasteiger partial charge in [-0.1, -0.05) is 6.07 Å². The van der Waals surface area contributed by atoms with E-state index >= 15 is 0 Å². The third-order valence-corrected chi connectivity index (χ3v) is 6.00. The molecular formula is C24H21N5O4. The average Bonchev–Trinajstić information content (AvgIpc) is 3.06. The van der Waals surface area contributed by atoms with Crippen LogP contribution in [0.5, 0.6) is 0 Å². The molecule has 1 aromatic carbocycles. The van der Waals surface area contributed by atoms with Gasteiger partial charge in [-0.2, -0.15) is 0 Å². The summed E-state index contributed by atoms with van der Waals surface area (Å²) in [6.45, 7) is 0.681. The number of amides is 4. The normalized spacial score (nSPS) is 17.9. The highest BCUT2D eigenvalue weighted by Gasteiger charge is 2.44. The van der Waals surface area contributed by atoms with Gasteiger partial charge >= 0.3 is 0 Å². The molecule has 2 aliphatic rings. The molecule has 0 radical (unpaired) electrons. The molecule has 2 N–H and O–H groups in total. The number of benzene rings is 1. The van der Waals surface area contributed by atoms with Crippen LogP contribution in [0, 0.1) is 0 Å². The number of nitrogens with zero attached hydrogens (tertiary/aromatic N) is 3. The summed E-state index contributed by atoms with van der Waals surface area (Å²) >= 11 is 0. The second-order valence-electron chi connectivity index (χ2n) is 8.11. The van der Waals surface area contributed by atoms with E-state index in [1.165, 1.54) is 0 Å². The van der Waals surface area contributed by atoms with Crippen molar-refractivity contribution >= 4 is 40.2 Å². The fourth-order valence-electron chi connectivity index (χ4n) is 4.33. The number of anilines is 1. The highest BCUT2D eigenvalue weighted by Crippen LogP contribution is 2.28. The van der Waals surface area contributed by atoms with E-state index in [-0.39, 0.29) is 18.7 Å². The molecule has 0 bridgehead atoms. The molecule has 4 heterocycles. The summed E-state index contributed by atoms with van der Waals surface area (Å²) in [6, 6.07) is 8.08. The summed E-state index contributed by atoms with van der Waals surface area (Å²) in [4.78, 5) is 58.8. The van der Waals surface area contributed by atoms with Crippen molar-refractivity contribution in [3.05, 3.63) is 65.6 Å². The van der Waals surface area contributed by atoms with Crippen LogP contribution >= 0.6 is 0 Å². The summed E-state index contributed by atoms with van der Waals surface area (Å²) in [7, 11) is 0. The number of carbonyl (C=O) groups excluding carboxylic acids is 4. The maximum atomic E-state index is 12.9. The molecule has 1 atom stereocenters. The van der Waals surface area contributed by atoms with E-state index in [0.717, 1.165) is 33.5 Å². The number of hydrogen-bond donors (Lipinski definition) is 2. The second kappa shape index (κ2) is 8.42. The Bertz CT molecular complexity index is 1300. The number of nitrogens with one attached hydrogen (secondary N) is 2. The van der Waals surface area contributed by atoms with E-state index < -0.39 is 23.8 Å². The van der Waals surface area contributed by atoms with Gasteiger partial charge in [-0.05, 0) is 49.1 Å². The lowest BCUT2D eigenvalue weighted by molar-refractivity contribution is -0.136. The minimum atomic E-state index is -0.953. The minimum Gasteiger partial charge on any atom is -0.370 e. The van der Waals surface area contributed by atoms with Gasteiger partial charge in [0, 0.05) is 42.3 Å². The summed E-state index contributed by atoms with van der Waals surface area (Å²) in [5.41, 5.74) is 1.52. The number of aromatic nitrogens is 2. The van der Waals surface area contributed by atoms with Crippen molar-refractivity contribution in [2.75, 3.05) is 11.9 Å². The molecule has 0 spiro atoms. The van der Waals surface area contributed by atoms with Crippen molar-refractivity contribution in [1.82, 2.24) is 20.2 Å². The Morgan fingerprint density at radius 3 is 2.73 bits per heavy atom. The van der Waals surface area contributed by atoms with Crippen molar-refractivity contribution in [2.45, 2.75) is 31.7 Å². The average molecular weight is 443 g/mol. The topological polar surface area (TPSA) is 121 Å². The monoisotopic (exact) mass is 443 g/mol. The molecule has 2 aromatic heterocycles. The predicted octanol–water partition coefficient (Wildman–Crippen LogP) is 2.08. The SMILES string of the molecule is O=C1CCC(N2C(=O)c3ccc(CCCNc4nccc5cnccc45)cc3C2=O)C(=O)N1. The Kier molecular flexibility index (Phi) is 5.29. The van der Waals surface area contributed by atoms with Gasteiger partial charge in [0.2, 0.25) is 11.8 Å². The quantitative estimate of drug-likeness (QED) is 0.442. The number of carbonyl (C=O) groups is 4. The van der Waals surface area contributed by atoms with Crippen LogP contribution in [0.3, 0.4) is 0 Å². The molecule has 4 amide bonds. The molecule has 166 valence electrons. The lowest BCUT2D eigenvalue weighted by atomic mass is 10.0. The summed E-state index contributed by atoms with van der Waals surface area (Å²) in [5, 5.41) is 7.56. The largest absolute Gasteiger partial charge is 0.370 e. The van der Waals surface area contributed by atoms with Gasteiger partial charge in [0.15, 0.2) is 0 Å². The molecule has 0 saturated carbocycles. The van der Waals surface area contributed by atoms with Gasteiger partial charge in [-0.25, -0.2) is 4.98 Å². The van der Waals surface area contributed by atoms with Crippen LogP contribution in [0.4, 0.5) is 5.82 Å². The summed E-state index contributed by atoms with van der Waals surface area (Å²) in [5.74, 6) is -1.18. The zero-order valence-corrected chi connectivity index (χ0v) is 17.7. The zero-order valence-electron chi connectivity index (χ0n) is 17.7. The standard InChI is InChI=1S/C24H21N5O4/c30-20-6-5-19(22(31)28-20)29-23(32)17-4-3-14(12-18(17)24(29)33)2-1-9-26-21-16-8-10-25-13-15(16)7-11-27-21/h3-4,7-8,10-13,19H,1-2,5-6,9H2,(H,26,27)(H,28,30,31). The Balaban J connectivity index is 1.24. The molecule has 5 rings (SSSR count). The van der Waals surface area contributed by atoms with Gasteiger partial charge in [-0.15, -0.1) is 0 Å². The van der Waals surface area contributed by atoms with Gasteiger partial charge in [-0.3, -0.25) is 34.4 Å². The van der Waals surface area contributed by atoms with E-state index in [4.69, 9.17) is 0 Å². The van der Waals surface area contributed by atoms with Crippen molar-refractivity contribution in [1.29, 1.82) is 0 Å². The van der Waals surface area contributed by atoms with E-state index in [1.807, 2.05) is 18.2 Å². The smallest absolute Gasteiger partial charge is 0.262 e. The van der Waals surface area contributed by atoms with Crippen LogP contribution in [0.25, 0.3) is 10.8 Å². The number of aryl methyl sites for hydroxylation is 1. The van der Waals surface area contributed by atoms with Crippen molar-refractivity contribution < 1.29 is 19.2 Å². The maximum Gasteiger partial charge on any atom is 0.262 e. The van der Waals surface area contributed by atoms with E-state index in [0.29, 0.717) is 24.1 Å². The van der Waals surface area contributed by atoms with Crippen LogP contribution in [-0.2, 0) is 16.0 Å². The highest BCUT2D eigenvalue weighted by molar-refractivity contribution is 6.23. The lowest BCUT2D eigenvalue weighted by Gasteiger charge is -2.27. The van der Waals surface area contributed by atoms with Crippen LogP contribution in [-0.4, -0.2) is 51.1 Å². The maximum absolute atomic E-state index is 12.9. The molecule has 0 aliphatic carbocycles. The zero-order chi connectivity index (χ0) is 22.9. The van der Waals surface area contributed by atoms with E-state index in [2.05, 4.69) is 20.6 Å². The molecule has 1 unspecified atom stereocenters. The van der Waals surface area contributed by atoms with Gasteiger partial charge in [0.1, 0.15) is 11.9 Å². The first-order valence-electron chi connectivity index (χ1n) is 10.8. The molecule has 9 heteroatoms. The minimum absolute atomic E-state index is 0.101. The Hall–Kier alpha value is -4.14. The Morgan fingerprint density at radius 2 is 1.88 bits per heavy atom.